The number of hydrogen-bond acceptors (Lipinski definition) is 7. The minimum Gasteiger partial charge on any atom is -0.393 e. The van der Waals surface area contributed by atoms with Crippen molar-refractivity contribution < 1.29 is 17.9 Å². The number of anilines is 2. The molecule has 0 atom stereocenters. The van der Waals surface area contributed by atoms with E-state index in [9.17, 15) is 18.5 Å². The van der Waals surface area contributed by atoms with Gasteiger partial charge in [0.2, 0.25) is 0 Å². The number of nitrogens with two attached hydrogens (primary N) is 1. The zero-order chi connectivity index (χ0) is 14.9. The summed E-state index contributed by atoms with van der Waals surface area (Å²) >= 11 is 0. The third kappa shape index (κ3) is 2.54. The smallest absolute Gasteiger partial charge is 0.293 e. The lowest BCUT2D eigenvalue weighted by Gasteiger charge is -2.09. The fraction of sp³-hybridized carbons (Fsp3) is 0.100. The van der Waals surface area contributed by atoms with E-state index in [0.717, 1.165) is 12.3 Å². The maximum Gasteiger partial charge on any atom is 0.293 e. The molecular formula is C10H10N4O5S. The van der Waals surface area contributed by atoms with Gasteiger partial charge in [0.25, 0.3) is 15.7 Å². The van der Waals surface area contributed by atoms with Crippen LogP contribution in [0.15, 0.2) is 34.0 Å². The van der Waals surface area contributed by atoms with Gasteiger partial charge in [-0.15, -0.1) is 0 Å². The summed E-state index contributed by atoms with van der Waals surface area (Å²) in [6.07, 6.45) is 2.26. The molecule has 1 heterocycles. The molecule has 0 unspecified atom stereocenters. The van der Waals surface area contributed by atoms with Gasteiger partial charge in [0.15, 0.2) is 0 Å². The van der Waals surface area contributed by atoms with E-state index in [2.05, 4.69) is 14.4 Å². The number of nitro groups is 1. The van der Waals surface area contributed by atoms with Crippen LogP contribution < -0.4 is 10.5 Å². The van der Waals surface area contributed by atoms with Crippen molar-refractivity contribution in [3.63, 3.8) is 0 Å². The Kier molecular flexibility index (Phi) is 3.32. The second-order valence-corrected chi connectivity index (χ2v) is 5.60. The van der Waals surface area contributed by atoms with Crippen LogP contribution in [0.4, 0.5) is 17.1 Å². The molecule has 2 aromatic rings. The molecule has 10 heteroatoms. The van der Waals surface area contributed by atoms with Crippen LogP contribution in [-0.4, -0.2) is 18.5 Å². The number of nitrogens with zero attached hydrogens (tertiary/aromatic N) is 2. The molecule has 0 fully saturated rings. The Bertz CT molecular complexity index is 754. The second-order valence-electron chi connectivity index (χ2n) is 3.95. The molecule has 0 aliphatic heterocycles. The van der Waals surface area contributed by atoms with Crippen molar-refractivity contribution in [2.45, 2.75) is 11.8 Å². The third-order valence-corrected chi connectivity index (χ3v) is 4.02. The van der Waals surface area contributed by atoms with Crippen molar-refractivity contribution in [1.82, 2.24) is 5.16 Å². The number of hydrogen-bond donors (Lipinski definition) is 2. The van der Waals surface area contributed by atoms with E-state index in [0.29, 0.717) is 0 Å². The number of aryl methyl sites for hydroxylation is 1. The quantitative estimate of drug-likeness (QED) is 0.491. The van der Waals surface area contributed by atoms with Gasteiger partial charge >= 0.3 is 0 Å². The van der Waals surface area contributed by atoms with Crippen LogP contribution in [-0.2, 0) is 10.0 Å². The monoisotopic (exact) mass is 298 g/mol. The molecule has 9 nitrogen and oxygen atoms in total. The lowest BCUT2D eigenvalue weighted by molar-refractivity contribution is -0.384. The summed E-state index contributed by atoms with van der Waals surface area (Å²) in [6, 6.07) is 2.15. The summed E-state index contributed by atoms with van der Waals surface area (Å²) in [7, 11) is -4.00. The maximum absolute atomic E-state index is 12.2. The number of nitrogen functional groups attached to an aromatic ring is 1. The normalized spacial score (nSPS) is 11.2. The Morgan fingerprint density at radius 2 is 2.15 bits per heavy atom. The van der Waals surface area contributed by atoms with Gasteiger partial charge in [0.05, 0.1) is 16.0 Å². The summed E-state index contributed by atoms with van der Waals surface area (Å²) < 4.78 is 31.0. The highest BCUT2D eigenvalue weighted by Gasteiger charge is 2.23. The zero-order valence-electron chi connectivity index (χ0n) is 10.2. The first kappa shape index (κ1) is 13.8. The maximum atomic E-state index is 12.2. The summed E-state index contributed by atoms with van der Waals surface area (Å²) in [5, 5.41) is 14.2. The largest absolute Gasteiger partial charge is 0.393 e. The molecule has 0 saturated carbocycles. The molecule has 0 bridgehead atoms. The lowest BCUT2D eigenvalue weighted by atomic mass is 10.2. The molecule has 0 aliphatic carbocycles. The Morgan fingerprint density at radius 3 is 2.70 bits per heavy atom. The summed E-state index contributed by atoms with van der Waals surface area (Å²) in [5.74, 6) is 0. The van der Waals surface area contributed by atoms with Crippen LogP contribution in [0.1, 0.15) is 5.56 Å². The summed E-state index contributed by atoms with van der Waals surface area (Å²) in [4.78, 5) is 9.84. The summed E-state index contributed by atoms with van der Waals surface area (Å²) in [5.41, 5.74) is 5.32. The van der Waals surface area contributed by atoms with E-state index in [4.69, 9.17) is 5.73 Å². The molecule has 3 N–H and O–H groups in total. The van der Waals surface area contributed by atoms with Crippen LogP contribution in [0.2, 0.25) is 0 Å². The van der Waals surface area contributed by atoms with Crippen LogP contribution in [0, 0.1) is 17.0 Å². The van der Waals surface area contributed by atoms with Crippen LogP contribution in [0.25, 0.3) is 0 Å². The first-order valence-corrected chi connectivity index (χ1v) is 6.76. The van der Waals surface area contributed by atoms with Gasteiger partial charge in [-0.1, -0.05) is 5.16 Å². The predicted octanol–water partition coefficient (Wildman–Crippen LogP) is 1.27. The third-order valence-electron chi connectivity index (χ3n) is 2.49. The van der Waals surface area contributed by atoms with Crippen molar-refractivity contribution in [3.8, 4) is 0 Å². The predicted molar refractivity (Wildman–Crippen MR) is 69.6 cm³/mol. The number of nitro benzene ring substituents is 1. The topological polar surface area (TPSA) is 141 Å². The van der Waals surface area contributed by atoms with Gasteiger partial charge in [-0.3, -0.25) is 14.8 Å². The van der Waals surface area contributed by atoms with Crippen molar-refractivity contribution in [3.05, 3.63) is 40.3 Å². The van der Waals surface area contributed by atoms with Crippen LogP contribution in [0.5, 0.6) is 0 Å². The van der Waals surface area contributed by atoms with Gasteiger partial charge in [-0.05, 0) is 18.6 Å². The van der Waals surface area contributed by atoms with E-state index in [1.807, 2.05) is 0 Å². The van der Waals surface area contributed by atoms with Crippen molar-refractivity contribution in [2.24, 2.45) is 0 Å². The Labute approximate surface area is 113 Å². The molecule has 1 aromatic carbocycles. The standard InChI is InChI=1S/C10H10N4O5S/c1-6-2-8(11)9(14(15)16)3-10(6)20(17,18)13-7-4-12-19-5-7/h2-5,13H,11H2,1H3. The minimum atomic E-state index is -4.00. The van der Waals surface area contributed by atoms with Crippen molar-refractivity contribution >= 4 is 27.1 Å². The van der Waals surface area contributed by atoms with E-state index in [1.54, 1.807) is 0 Å². The highest BCUT2D eigenvalue weighted by atomic mass is 32.2. The average Bonchev–Trinajstić information content (AvgIpc) is 2.79. The van der Waals surface area contributed by atoms with E-state index in [1.165, 1.54) is 19.2 Å². The van der Waals surface area contributed by atoms with Crippen LogP contribution >= 0.6 is 0 Å². The molecule has 1 aromatic heterocycles. The molecule has 0 spiro atoms. The number of nitrogens with one attached hydrogen (secondary N) is 1. The molecule has 0 radical (unpaired) electrons. The van der Waals surface area contributed by atoms with Gasteiger partial charge in [-0.2, -0.15) is 0 Å². The van der Waals surface area contributed by atoms with Gasteiger partial charge < -0.3 is 10.3 Å². The van der Waals surface area contributed by atoms with E-state index in [-0.39, 0.29) is 21.8 Å². The average molecular weight is 298 g/mol. The number of rotatable bonds is 4. The van der Waals surface area contributed by atoms with Gasteiger partial charge in [-0.25, -0.2) is 8.42 Å². The van der Waals surface area contributed by atoms with Gasteiger partial charge in [0, 0.05) is 6.07 Å². The van der Waals surface area contributed by atoms with E-state index < -0.39 is 20.6 Å². The highest BCUT2D eigenvalue weighted by molar-refractivity contribution is 7.92. The SMILES string of the molecule is Cc1cc(N)c([N+](=O)[O-])cc1S(=O)(=O)Nc1cnoc1. The molecule has 106 valence electrons. The first-order valence-electron chi connectivity index (χ1n) is 5.28. The molecule has 2 rings (SSSR count). The minimum absolute atomic E-state index is 0.101. The van der Waals surface area contributed by atoms with E-state index >= 15 is 0 Å². The first-order chi connectivity index (χ1) is 9.31. The fourth-order valence-corrected chi connectivity index (χ4v) is 2.88. The summed E-state index contributed by atoms with van der Waals surface area (Å²) in [6.45, 7) is 1.49. The lowest BCUT2D eigenvalue weighted by Crippen LogP contribution is -2.14. The molecule has 0 amide bonds. The van der Waals surface area contributed by atoms with Crippen molar-refractivity contribution in [1.29, 1.82) is 0 Å². The molecule has 0 saturated heterocycles. The molecule has 0 aliphatic rings. The number of sulfonamides is 1. The number of aromatic nitrogens is 1. The number of benzene rings is 1. The van der Waals surface area contributed by atoms with Crippen LogP contribution in [0.3, 0.4) is 0 Å². The Hall–Kier alpha value is -2.62. The second kappa shape index (κ2) is 4.81. The zero-order valence-corrected chi connectivity index (χ0v) is 11.0. The fourth-order valence-electron chi connectivity index (χ4n) is 1.61. The van der Waals surface area contributed by atoms with Crippen molar-refractivity contribution in [2.75, 3.05) is 10.5 Å². The molecular weight excluding hydrogens is 288 g/mol. The Morgan fingerprint density at radius 1 is 1.45 bits per heavy atom. The van der Waals surface area contributed by atoms with Gasteiger partial charge in [0.1, 0.15) is 17.6 Å². The molecule has 20 heavy (non-hydrogen) atoms. The Balaban J connectivity index is 2.51. The highest BCUT2D eigenvalue weighted by Crippen LogP contribution is 2.29.